The summed E-state index contributed by atoms with van der Waals surface area (Å²) in [6.07, 6.45) is 1.65. The number of carbonyl (C=O) groups excluding carboxylic acids is 1. The van der Waals surface area contributed by atoms with Gasteiger partial charge in [0, 0.05) is 6.42 Å². The van der Waals surface area contributed by atoms with Crippen LogP contribution in [0.25, 0.3) is 0 Å². The van der Waals surface area contributed by atoms with E-state index in [1.165, 1.54) is 13.2 Å². The van der Waals surface area contributed by atoms with Crippen LogP contribution in [0.1, 0.15) is 56.0 Å². The molecule has 12 heteroatoms. The number of carboxylic acids is 1. The number of aromatic carboxylic acids is 1. The maximum absolute atomic E-state index is 12.7. The molecule has 0 radical (unpaired) electrons. The number of nitrogens with two attached hydrogens (primary N) is 1. The first kappa shape index (κ1) is 25.9. The second kappa shape index (κ2) is 9.06. The summed E-state index contributed by atoms with van der Waals surface area (Å²) < 4.78 is 41.0. The summed E-state index contributed by atoms with van der Waals surface area (Å²) in [7, 11) is -3.22. The summed E-state index contributed by atoms with van der Waals surface area (Å²) in [5.41, 5.74) is 0.178. The number of nitrogens with one attached hydrogen (secondary N) is 1. The molecule has 1 aromatic rings. The molecule has 4 N–H and O–H groups in total. The van der Waals surface area contributed by atoms with E-state index in [9.17, 15) is 23.1 Å². The van der Waals surface area contributed by atoms with Gasteiger partial charge in [-0.15, -0.1) is 0 Å². The van der Waals surface area contributed by atoms with Gasteiger partial charge in [0.15, 0.2) is 0 Å². The highest BCUT2D eigenvalue weighted by Crippen LogP contribution is 2.65. The Balaban J connectivity index is 1.60. The molecule has 4 fully saturated rings. The molecule has 2 bridgehead atoms. The van der Waals surface area contributed by atoms with Crippen LogP contribution in [0, 0.1) is 17.3 Å². The van der Waals surface area contributed by atoms with Crippen LogP contribution in [-0.2, 0) is 30.5 Å². The zero-order valence-electron chi connectivity index (χ0n) is 20.4. The monoisotopic (exact) mass is 508 g/mol. The fourth-order valence-corrected chi connectivity index (χ4v) is 6.66. The lowest BCUT2D eigenvalue weighted by atomic mass is 9.43. The van der Waals surface area contributed by atoms with Gasteiger partial charge in [-0.3, -0.25) is 4.79 Å². The minimum Gasteiger partial charge on any atom is -0.496 e. The highest BCUT2D eigenvalue weighted by molar-refractivity contribution is 7.89. The van der Waals surface area contributed by atoms with Crippen LogP contribution < -0.4 is 15.2 Å². The molecule has 192 valence electrons. The predicted octanol–water partition coefficient (Wildman–Crippen LogP) is 1.37. The Kier molecular flexibility index (Phi) is 6.71. The van der Waals surface area contributed by atoms with Gasteiger partial charge in [0.2, 0.25) is 15.9 Å². The largest absolute Gasteiger partial charge is 0.496 e. The van der Waals surface area contributed by atoms with Gasteiger partial charge >= 0.3 is 13.1 Å². The Morgan fingerprint density at radius 3 is 2.63 bits per heavy atom. The molecule has 3 saturated carbocycles. The lowest BCUT2D eigenvalue weighted by Gasteiger charge is -2.64. The highest BCUT2D eigenvalue weighted by Gasteiger charge is 2.68. The van der Waals surface area contributed by atoms with E-state index in [0.717, 1.165) is 12.8 Å². The molecule has 5 unspecified atom stereocenters. The van der Waals surface area contributed by atoms with E-state index in [4.69, 9.17) is 19.2 Å². The Labute approximate surface area is 206 Å². The zero-order valence-corrected chi connectivity index (χ0v) is 21.3. The number of ether oxygens (including phenoxy) is 1. The molecule has 10 nitrogen and oxygen atoms in total. The average Bonchev–Trinajstić information content (AvgIpc) is 3.13. The van der Waals surface area contributed by atoms with Crippen molar-refractivity contribution in [3.63, 3.8) is 0 Å². The molecule has 1 aliphatic heterocycles. The van der Waals surface area contributed by atoms with Crippen LogP contribution in [-0.4, -0.2) is 63.0 Å². The van der Waals surface area contributed by atoms with Crippen molar-refractivity contribution in [3.8, 4) is 5.75 Å². The van der Waals surface area contributed by atoms with Crippen LogP contribution in [0.3, 0.4) is 0 Å². The second-order valence-corrected chi connectivity index (χ2v) is 12.4. The van der Waals surface area contributed by atoms with Crippen molar-refractivity contribution in [1.29, 1.82) is 0 Å². The van der Waals surface area contributed by atoms with Crippen molar-refractivity contribution in [2.24, 2.45) is 22.4 Å². The smallest absolute Gasteiger partial charge is 0.482 e. The Morgan fingerprint density at radius 1 is 1.31 bits per heavy atom. The van der Waals surface area contributed by atoms with Crippen LogP contribution in [0.5, 0.6) is 5.75 Å². The average molecular weight is 508 g/mol. The van der Waals surface area contributed by atoms with Gasteiger partial charge in [-0.05, 0) is 55.1 Å². The summed E-state index contributed by atoms with van der Waals surface area (Å²) in [6.45, 7) is 6.56. The normalized spacial score (nSPS) is 29.6. The number of rotatable bonds is 9. The molecule has 1 amide bonds. The summed E-state index contributed by atoms with van der Waals surface area (Å²) >= 11 is 0. The van der Waals surface area contributed by atoms with Crippen molar-refractivity contribution >= 4 is 29.0 Å². The van der Waals surface area contributed by atoms with Gasteiger partial charge in [0.05, 0.1) is 30.5 Å². The van der Waals surface area contributed by atoms with E-state index >= 15 is 0 Å². The first-order valence-corrected chi connectivity index (χ1v) is 13.5. The minimum atomic E-state index is -3.81. The number of carbonyl (C=O) groups is 2. The van der Waals surface area contributed by atoms with Crippen molar-refractivity contribution in [3.05, 3.63) is 29.3 Å². The van der Waals surface area contributed by atoms with Gasteiger partial charge in [0.25, 0.3) is 0 Å². The first-order chi connectivity index (χ1) is 16.3. The van der Waals surface area contributed by atoms with E-state index < -0.39 is 46.3 Å². The number of sulfonamides is 1. The van der Waals surface area contributed by atoms with E-state index in [-0.39, 0.29) is 35.7 Å². The van der Waals surface area contributed by atoms with Crippen LogP contribution in [0.4, 0.5) is 0 Å². The minimum absolute atomic E-state index is 0.000707. The lowest BCUT2D eigenvalue weighted by Crippen LogP contribution is -2.65. The molecule has 0 aromatic heterocycles. The predicted molar refractivity (Wildman–Crippen MR) is 128 cm³/mol. The Bertz CT molecular complexity index is 1130. The van der Waals surface area contributed by atoms with Gasteiger partial charge in [-0.2, -0.15) is 0 Å². The fraction of sp³-hybridized carbons (Fsp3) is 0.652. The summed E-state index contributed by atoms with van der Waals surface area (Å²) in [5.74, 6) is -1.80. The molecule has 1 aromatic carbocycles. The van der Waals surface area contributed by atoms with Crippen molar-refractivity contribution in [1.82, 2.24) is 5.32 Å². The van der Waals surface area contributed by atoms with Gasteiger partial charge in [-0.1, -0.05) is 26.0 Å². The molecular formula is C23H33BN2O8S. The molecule has 35 heavy (non-hydrogen) atoms. The van der Waals surface area contributed by atoms with Crippen LogP contribution in [0.15, 0.2) is 18.2 Å². The van der Waals surface area contributed by atoms with Crippen molar-refractivity contribution < 1.29 is 37.2 Å². The molecule has 4 aliphatic rings. The zero-order chi connectivity index (χ0) is 25.8. The molecule has 3 aliphatic carbocycles. The molecular weight excluding hydrogens is 475 g/mol. The molecule has 5 atom stereocenters. The first-order valence-electron chi connectivity index (χ1n) is 11.8. The van der Waals surface area contributed by atoms with Gasteiger partial charge < -0.3 is 24.5 Å². The fourth-order valence-electron chi connectivity index (χ4n) is 6.19. The van der Waals surface area contributed by atoms with E-state index in [2.05, 4.69) is 26.1 Å². The topological polar surface area (TPSA) is 154 Å². The third kappa shape index (κ3) is 4.81. The standard InChI is InChI=1S/C23H33BN2O8S/c1-22(2)14-11-16(22)23(3)17(12-14)33-24(34-23)18(26-19(27)8-9-35(25,30)31)10-13-6-5-7-15(21(28)29)20(13)32-4/h5-7,14,16-18H,8-12H2,1-4H3,(H,26,27)(H,28,29)(H2,25,30,31). The lowest BCUT2D eigenvalue weighted by molar-refractivity contribution is -0.199. The second-order valence-electron chi connectivity index (χ2n) is 10.6. The molecule has 1 saturated heterocycles. The quantitative estimate of drug-likeness (QED) is 0.423. The van der Waals surface area contributed by atoms with E-state index in [1.54, 1.807) is 12.1 Å². The number of methoxy groups -OCH3 is 1. The summed E-state index contributed by atoms with van der Waals surface area (Å²) in [4.78, 5) is 24.4. The molecule has 0 spiro atoms. The van der Waals surface area contributed by atoms with E-state index in [1.807, 2.05) is 0 Å². The van der Waals surface area contributed by atoms with Crippen molar-refractivity contribution in [2.45, 2.75) is 64.1 Å². The number of benzene rings is 1. The SMILES string of the molecule is COc1c(CC(NC(=O)CCS(N)(=O)=O)B2OC3CC4CC(C4(C)C)C3(C)O2)cccc1C(=O)O. The molecule has 1 heterocycles. The number of primary sulfonamides is 1. The third-order valence-corrected chi connectivity index (χ3v) is 9.00. The number of carboxylic acid groups (broad SMARTS) is 1. The maximum Gasteiger partial charge on any atom is 0.482 e. The van der Waals surface area contributed by atoms with Crippen molar-refractivity contribution in [2.75, 3.05) is 12.9 Å². The maximum atomic E-state index is 12.7. The van der Waals surface area contributed by atoms with Gasteiger partial charge in [0.1, 0.15) is 11.3 Å². The van der Waals surface area contributed by atoms with Crippen LogP contribution in [0.2, 0.25) is 0 Å². The van der Waals surface area contributed by atoms with Gasteiger partial charge in [-0.25, -0.2) is 18.4 Å². The highest BCUT2D eigenvalue weighted by atomic mass is 32.2. The molecule has 5 rings (SSSR count). The Hall–Kier alpha value is -2.15. The van der Waals surface area contributed by atoms with Crippen LogP contribution >= 0.6 is 0 Å². The number of para-hydroxylation sites is 1. The third-order valence-electron chi connectivity index (χ3n) is 8.23. The summed E-state index contributed by atoms with van der Waals surface area (Å²) in [6, 6.07) is 4.77. The number of hydrogen-bond acceptors (Lipinski definition) is 7. The number of hydrogen-bond donors (Lipinski definition) is 3. The Morgan fingerprint density at radius 2 is 2.03 bits per heavy atom. The summed E-state index contributed by atoms with van der Waals surface area (Å²) in [5, 5.41) is 17.4. The van der Waals surface area contributed by atoms with E-state index in [0.29, 0.717) is 17.4 Å². The number of amides is 1.